The van der Waals surface area contributed by atoms with Gasteiger partial charge < -0.3 is 10.6 Å². The molecule has 170 valence electrons. The third-order valence-electron chi connectivity index (χ3n) is 5.54. The molecule has 2 unspecified atom stereocenters. The van der Waals surface area contributed by atoms with Crippen LogP contribution in [-0.2, 0) is 0 Å². The van der Waals surface area contributed by atoms with Crippen molar-refractivity contribution in [3.63, 3.8) is 0 Å². The molecular weight excluding hydrogens is 391 g/mol. The van der Waals surface area contributed by atoms with E-state index in [0.29, 0.717) is 26.2 Å². The van der Waals surface area contributed by atoms with E-state index in [-0.39, 0.29) is 12.0 Å². The van der Waals surface area contributed by atoms with Crippen molar-refractivity contribution in [3.05, 3.63) is 35.9 Å². The molecular formula is C22H36F3N5. The first-order valence-corrected chi connectivity index (χ1v) is 11.0. The first-order chi connectivity index (χ1) is 14.4. The number of likely N-dealkylation sites (N-methyl/N-ethyl adjacent to an activating group) is 1. The summed E-state index contributed by atoms with van der Waals surface area (Å²) in [5.41, 5.74) is 1.24. The van der Waals surface area contributed by atoms with Gasteiger partial charge in [-0.2, -0.15) is 13.2 Å². The van der Waals surface area contributed by atoms with Crippen molar-refractivity contribution in [1.82, 2.24) is 20.4 Å². The van der Waals surface area contributed by atoms with Crippen molar-refractivity contribution in [1.29, 1.82) is 0 Å². The van der Waals surface area contributed by atoms with Crippen LogP contribution in [0, 0.1) is 5.92 Å². The van der Waals surface area contributed by atoms with Crippen LogP contribution in [0.5, 0.6) is 0 Å². The number of alkyl halides is 3. The third kappa shape index (κ3) is 8.14. The van der Waals surface area contributed by atoms with Gasteiger partial charge in [-0.05, 0) is 44.5 Å². The number of guanidine groups is 1. The predicted molar refractivity (Wildman–Crippen MR) is 117 cm³/mol. The summed E-state index contributed by atoms with van der Waals surface area (Å²) in [6.07, 6.45) is -3.36. The Balaban J connectivity index is 1.97. The van der Waals surface area contributed by atoms with Gasteiger partial charge in [0.1, 0.15) is 0 Å². The topological polar surface area (TPSA) is 42.9 Å². The van der Waals surface area contributed by atoms with Gasteiger partial charge in [-0.1, -0.05) is 44.2 Å². The Morgan fingerprint density at radius 2 is 1.87 bits per heavy atom. The molecule has 0 spiro atoms. The molecule has 30 heavy (non-hydrogen) atoms. The summed E-state index contributed by atoms with van der Waals surface area (Å²) in [5.74, 6) is 0.920. The molecule has 0 radical (unpaired) electrons. The molecule has 5 nitrogen and oxygen atoms in total. The van der Waals surface area contributed by atoms with E-state index >= 15 is 0 Å². The van der Waals surface area contributed by atoms with Gasteiger partial charge in [-0.3, -0.25) is 14.8 Å². The Kier molecular flexibility index (Phi) is 9.91. The minimum Gasteiger partial charge on any atom is -0.357 e. The Bertz CT molecular complexity index is 631. The van der Waals surface area contributed by atoms with E-state index in [1.807, 2.05) is 25.1 Å². The Hall–Kier alpha value is -1.80. The number of hydrogen-bond donors (Lipinski definition) is 2. The van der Waals surface area contributed by atoms with Gasteiger partial charge in [-0.15, -0.1) is 0 Å². The molecule has 1 heterocycles. The third-order valence-corrected chi connectivity index (χ3v) is 5.54. The SMILES string of the molecule is CCNC(=NCC(c1ccccc1)N(CC)CC)NCC1CCN(CC(F)(F)F)C1. The maximum atomic E-state index is 12.6. The van der Waals surface area contributed by atoms with E-state index in [1.165, 1.54) is 10.5 Å². The molecule has 0 amide bonds. The molecule has 1 aromatic carbocycles. The zero-order valence-corrected chi connectivity index (χ0v) is 18.4. The van der Waals surface area contributed by atoms with Crippen LogP contribution in [0.25, 0.3) is 0 Å². The van der Waals surface area contributed by atoms with E-state index in [2.05, 4.69) is 41.5 Å². The van der Waals surface area contributed by atoms with E-state index in [0.717, 1.165) is 32.0 Å². The first kappa shape index (κ1) is 24.5. The van der Waals surface area contributed by atoms with Crippen LogP contribution in [0.3, 0.4) is 0 Å². The average Bonchev–Trinajstić information content (AvgIpc) is 3.15. The monoisotopic (exact) mass is 427 g/mol. The van der Waals surface area contributed by atoms with Crippen LogP contribution in [0.2, 0.25) is 0 Å². The number of likely N-dealkylation sites (tertiary alicyclic amines) is 1. The highest BCUT2D eigenvalue weighted by Crippen LogP contribution is 2.23. The van der Waals surface area contributed by atoms with Crippen LogP contribution in [0.15, 0.2) is 35.3 Å². The van der Waals surface area contributed by atoms with E-state index < -0.39 is 12.7 Å². The molecule has 2 rings (SSSR count). The molecule has 0 saturated carbocycles. The normalized spacial score (nSPS) is 19.3. The lowest BCUT2D eigenvalue weighted by Crippen LogP contribution is -2.41. The highest BCUT2D eigenvalue weighted by atomic mass is 19.4. The number of aliphatic imine (C=N–C) groups is 1. The summed E-state index contributed by atoms with van der Waals surface area (Å²) in [4.78, 5) is 8.68. The number of halogens is 3. The highest BCUT2D eigenvalue weighted by Gasteiger charge is 2.34. The second-order valence-electron chi connectivity index (χ2n) is 7.75. The van der Waals surface area contributed by atoms with Gasteiger partial charge in [0.25, 0.3) is 0 Å². The lowest BCUT2D eigenvalue weighted by molar-refractivity contribution is -0.143. The van der Waals surface area contributed by atoms with Crippen LogP contribution in [0.4, 0.5) is 13.2 Å². The average molecular weight is 428 g/mol. The maximum absolute atomic E-state index is 12.6. The van der Waals surface area contributed by atoms with Crippen molar-refractivity contribution >= 4 is 5.96 Å². The summed E-state index contributed by atoms with van der Waals surface area (Å²) in [7, 11) is 0. The molecule has 2 atom stereocenters. The number of hydrogen-bond acceptors (Lipinski definition) is 3. The van der Waals surface area contributed by atoms with Gasteiger partial charge in [0.15, 0.2) is 5.96 Å². The molecule has 1 aromatic rings. The Labute approximate surface area is 178 Å². The number of nitrogens with zero attached hydrogens (tertiary/aromatic N) is 3. The van der Waals surface area contributed by atoms with Crippen LogP contribution >= 0.6 is 0 Å². The van der Waals surface area contributed by atoms with E-state index in [9.17, 15) is 13.2 Å². The van der Waals surface area contributed by atoms with Crippen molar-refractivity contribution in [2.45, 2.75) is 39.4 Å². The second-order valence-corrected chi connectivity index (χ2v) is 7.75. The summed E-state index contributed by atoms with van der Waals surface area (Å²) >= 11 is 0. The quantitative estimate of drug-likeness (QED) is 0.443. The van der Waals surface area contributed by atoms with Gasteiger partial charge in [0.05, 0.1) is 19.1 Å². The first-order valence-electron chi connectivity index (χ1n) is 11.0. The van der Waals surface area contributed by atoms with E-state index in [1.54, 1.807) is 0 Å². The fraction of sp³-hybridized carbons (Fsp3) is 0.682. The zero-order valence-electron chi connectivity index (χ0n) is 18.4. The Morgan fingerprint density at radius 1 is 1.17 bits per heavy atom. The lowest BCUT2D eigenvalue weighted by atomic mass is 10.1. The van der Waals surface area contributed by atoms with Crippen molar-refractivity contribution in [2.24, 2.45) is 10.9 Å². The molecule has 0 aromatic heterocycles. The van der Waals surface area contributed by atoms with Gasteiger partial charge in [0, 0.05) is 19.6 Å². The summed E-state index contributed by atoms with van der Waals surface area (Å²) in [5, 5.41) is 6.60. The fourth-order valence-corrected chi connectivity index (χ4v) is 4.01. The zero-order chi connectivity index (χ0) is 22.0. The molecule has 1 aliphatic rings. The standard InChI is InChI=1S/C22H36F3N5/c1-4-26-21(27-14-18-12-13-29(16-18)17-22(23,24)25)28-15-20(30(5-2)6-3)19-10-8-7-9-11-19/h7-11,18,20H,4-6,12-17H2,1-3H3,(H2,26,27,28). The molecule has 1 saturated heterocycles. The van der Waals surface area contributed by atoms with Crippen LogP contribution in [0.1, 0.15) is 38.8 Å². The number of benzene rings is 1. The van der Waals surface area contributed by atoms with Crippen LogP contribution < -0.4 is 10.6 Å². The fourth-order valence-electron chi connectivity index (χ4n) is 4.01. The largest absolute Gasteiger partial charge is 0.401 e. The summed E-state index contributed by atoms with van der Waals surface area (Å²) < 4.78 is 37.8. The minimum atomic E-state index is -4.13. The molecule has 8 heteroatoms. The van der Waals surface area contributed by atoms with Crippen LogP contribution in [-0.4, -0.2) is 74.3 Å². The smallest absolute Gasteiger partial charge is 0.357 e. The van der Waals surface area contributed by atoms with Gasteiger partial charge in [-0.25, -0.2) is 0 Å². The van der Waals surface area contributed by atoms with Gasteiger partial charge >= 0.3 is 6.18 Å². The van der Waals surface area contributed by atoms with Crippen molar-refractivity contribution in [3.8, 4) is 0 Å². The van der Waals surface area contributed by atoms with Crippen molar-refractivity contribution in [2.75, 3.05) is 52.4 Å². The second kappa shape index (κ2) is 12.2. The molecule has 0 aliphatic carbocycles. The van der Waals surface area contributed by atoms with Gasteiger partial charge in [0.2, 0.25) is 0 Å². The predicted octanol–water partition coefficient (Wildman–Crippen LogP) is 3.51. The minimum absolute atomic E-state index is 0.186. The molecule has 0 bridgehead atoms. The lowest BCUT2D eigenvalue weighted by Gasteiger charge is -2.29. The van der Waals surface area contributed by atoms with Crippen molar-refractivity contribution < 1.29 is 13.2 Å². The maximum Gasteiger partial charge on any atom is 0.401 e. The molecule has 2 N–H and O–H groups in total. The van der Waals surface area contributed by atoms with E-state index in [4.69, 9.17) is 4.99 Å². The highest BCUT2D eigenvalue weighted by molar-refractivity contribution is 5.79. The number of nitrogens with one attached hydrogen (secondary N) is 2. The summed E-state index contributed by atoms with van der Waals surface area (Å²) in [6.45, 7) is 10.3. The number of rotatable bonds is 10. The summed E-state index contributed by atoms with van der Waals surface area (Å²) in [6, 6.07) is 10.6. The molecule has 1 aliphatic heterocycles. The Morgan fingerprint density at radius 3 is 2.47 bits per heavy atom. The molecule has 1 fully saturated rings.